The summed E-state index contributed by atoms with van der Waals surface area (Å²) in [7, 11) is 0. The number of aliphatic hydroxyl groups excluding tert-OH is 4. The van der Waals surface area contributed by atoms with E-state index in [4.69, 9.17) is 14.6 Å². The molecule has 1 aliphatic rings. The lowest BCUT2D eigenvalue weighted by Gasteiger charge is -2.39. The van der Waals surface area contributed by atoms with Crippen molar-refractivity contribution < 1.29 is 34.3 Å². The van der Waals surface area contributed by atoms with Crippen LogP contribution in [-0.4, -0.2) is 57.7 Å². The predicted molar refractivity (Wildman–Crippen MR) is 70.4 cm³/mol. The lowest BCUT2D eigenvalue weighted by atomic mass is 9.99. The molecule has 6 unspecified atom stereocenters. The molecule has 1 fully saturated rings. The van der Waals surface area contributed by atoms with Crippen molar-refractivity contribution in [2.24, 2.45) is 0 Å². The quantitative estimate of drug-likeness (QED) is 0.620. The van der Waals surface area contributed by atoms with E-state index in [0.717, 1.165) is 0 Å². The van der Waals surface area contributed by atoms with E-state index >= 15 is 0 Å². The zero-order chi connectivity index (χ0) is 15.6. The van der Waals surface area contributed by atoms with Gasteiger partial charge in [-0.15, -0.1) is 0 Å². The Hall–Kier alpha value is -1.25. The van der Waals surface area contributed by atoms with Crippen molar-refractivity contribution in [3.8, 4) is 5.75 Å². The fourth-order valence-electron chi connectivity index (χ4n) is 2.21. The molecule has 6 atom stereocenters. The van der Waals surface area contributed by atoms with E-state index in [0.29, 0.717) is 0 Å². The first-order valence-electron chi connectivity index (χ1n) is 6.66. The van der Waals surface area contributed by atoms with Crippen LogP contribution in [0.2, 0.25) is 0 Å². The van der Waals surface area contributed by atoms with Gasteiger partial charge in [-0.25, -0.2) is 4.39 Å². The summed E-state index contributed by atoms with van der Waals surface area (Å²) in [6.07, 6.45) is -8.18. The molecule has 0 aromatic heterocycles. The fraction of sp³-hybridized carbons (Fsp3) is 0.571. The Morgan fingerprint density at radius 3 is 2.48 bits per heavy atom. The maximum atomic E-state index is 13.5. The summed E-state index contributed by atoms with van der Waals surface area (Å²) in [5, 5.41) is 38.3. The fourth-order valence-corrected chi connectivity index (χ4v) is 2.21. The molecular formula is C14H19FO6. The van der Waals surface area contributed by atoms with Crippen LogP contribution in [0.25, 0.3) is 0 Å². The second-order valence-corrected chi connectivity index (χ2v) is 4.97. The maximum Gasteiger partial charge on any atom is 0.229 e. The van der Waals surface area contributed by atoms with Gasteiger partial charge in [0.15, 0.2) is 0 Å². The topological polar surface area (TPSA) is 99.4 Å². The summed E-state index contributed by atoms with van der Waals surface area (Å²) in [6.45, 7) is 0.793. The molecule has 4 N–H and O–H groups in total. The van der Waals surface area contributed by atoms with E-state index in [2.05, 4.69) is 0 Å². The average molecular weight is 302 g/mol. The molecule has 7 heteroatoms. The highest BCUT2D eigenvalue weighted by molar-refractivity contribution is 5.35. The van der Waals surface area contributed by atoms with E-state index in [-0.39, 0.29) is 11.3 Å². The zero-order valence-electron chi connectivity index (χ0n) is 11.5. The first kappa shape index (κ1) is 16.1. The maximum absolute atomic E-state index is 13.5. The Kier molecular flexibility index (Phi) is 5.13. The van der Waals surface area contributed by atoms with E-state index in [1.165, 1.54) is 19.1 Å². The second-order valence-electron chi connectivity index (χ2n) is 4.97. The van der Waals surface area contributed by atoms with Crippen LogP contribution in [0.5, 0.6) is 5.75 Å². The largest absolute Gasteiger partial charge is 0.462 e. The number of benzene rings is 1. The van der Waals surface area contributed by atoms with Crippen molar-refractivity contribution in [1.29, 1.82) is 0 Å². The minimum atomic E-state index is -1.53. The van der Waals surface area contributed by atoms with Crippen molar-refractivity contribution in [1.82, 2.24) is 0 Å². The third kappa shape index (κ3) is 3.33. The first-order chi connectivity index (χ1) is 9.95. The Bertz CT molecular complexity index is 467. The van der Waals surface area contributed by atoms with Gasteiger partial charge in [-0.3, -0.25) is 0 Å². The molecule has 1 aliphatic heterocycles. The molecule has 2 rings (SSSR count). The highest BCUT2D eigenvalue weighted by Gasteiger charge is 2.44. The van der Waals surface area contributed by atoms with Gasteiger partial charge in [0.25, 0.3) is 0 Å². The van der Waals surface area contributed by atoms with Crippen molar-refractivity contribution in [3.63, 3.8) is 0 Å². The minimum Gasteiger partial charge on any atom is -0.462 e. The molecule has 6 nitrogen and oxygen atoms in total. The SMILES string of the molecule is CC(F)c1ccccc1OC1OC(CO)C(O)C(O)C1O. The number of ether oxygens (including phenoxy) is 2. The summed E-state index contributed by atoms with van der Waals surface area (Å²) < 4.78 is 24.1. The first-order valence-corrected chi connectivity index (χ1v) is 6.66. The van der Waals surface area contributed by atoms with Gasteiger partial charge < -0.3 is 29.9 Å². The predicted octanol–water partition coefficient (Wildman–Crippen LogP) is -0.104. The number of aliphatic hydroxyl groups is 4. The number of hydrogen-bond acceptors (Lipinski definition) is 6. The number of alkyl halides is 1. The number of halogens is 1. The van der Waals surface area contributed by atoms with Crippen molar-refractivity contribution in [2.75, 3.05) is 6.61 Å². The molecule has 118 valence electrons. The molecule has 1 heterocycles. The summed E-state index contributed by atoms with van der Waals surface area (Å²) in [4.78, 5) is 0. The summed E-state index contributed by atoms with van der Waals surface area (Å²) in [5.41, 5.74) is 0.273. The normalized spacial score (nSPS) is 34.5. The number of para-hydroxylation sites is 1. The van der Waals surface area contributed by atoms with Gasteiger partial charge in [-0.1, -0.05) is 18.2 Å². The van der Waals surface area contributed by atoms with E-state index < -0.39 is 43.5 Å². The van der Waals surface area contributed by atoms with E-state index in [1.54, 1.807) is 12.1 Å². The molecule has 0 radical (unpaired) electrons. The van der Waals surface area contributed by atoms with E-state index in [9.17, 15) is 19.7 Å². The molecule has 1 aromatic rings. The Labute approximate surface area is 121 Å². The minimum absolute atomic E-state index is 0.164. The van der Waals surface area contributed by atoms with Crippen molar-refractivity contribution in [3.05, 3.63) is 29.8 Å². The van der Waals surface area contributed by atoms with Gasteiger partial charge in [-0.05, 0) is 13.0 Å². The van der Waals surface area contributed by atoms with Gasteiger partial charge in [0.05, 0.1) is 6.61 Å². The molecular weight excluding hydrogens is 283 g/mol. The van der Waals surface area contributed by atoms with Gasteiger partial charge in [0, 0.05) is 5.56 Å². The zero-order valence-corrected chi connectivity index (χ0v) is 11.5. The van der Waals surface area contributed by atoms with Gasteiger partial charge in [0.2, 0.25) is 6.29 Å². The summed E-state index contributed by atoms with van der Waals surface area (Å²) in [5.74, 6) is 0.164. The Morgan fingerprint density at radius 1 is 1.19 bits per heavy atom. The van der Waals surface area contributed by atoms with Gasteiger partial charge in [-0.2, -0.15) is 0 Å². The standard InChI is InChI=1S/C14H19FO6/c1-7(15)8-4-2-3-5-9(8)20-14-13(19)12(18)11(17)10(6-16)21-14/h2-5,7,10-14,16-19H,6H2,1H3. The van der Waals surface area contributed by atoms with Crippen LogP contribution in [0.15, 0.2) is 24.3 Å². The van der Waals surface area contributed by atoms with Crippen molar-refractivity contribution >= 4 is 0 Å². The molecule has 0 aliphatic carbocycles. The van der Waals surface area contributed by atoms with Crippen LogP contribution in [0, 0.1) is 0 Å². The Morgan fingerprint density at radius 2 is 1.86 bits per heavy atom. The number of hydrogen-bond donors (Lipinski definition) is 4. The lowest BCUT2D eigenvalue weighted by Crippen LogP contribution is -2.60. The third-order valence-electron chi connectivity index (χ3n) is 3.44. The van der Waals surface area contributed by atoms with Crippen LogP contribution in [0.1, 0.15) is 18.7 Å². The van der Waals surface area contributed by atoms with E-state index in [1.807, 2.05) is 0 Å². The molecule has 1 aromatic carbocycles. The van der Waals surface area contributed by atoms with Crippen LogP contribution in [0.3, 0.4) is 0 Å². The van der Waals surface area contributed by atoms with Crippen LogP contribution in [-0.2, 0) is 4.74 Å². The highest BCUT2D eigenvalue weighted by Crippen LogP contribution is 2.30. The number of rotatable bonds is 4. The molecule has 0 saturated carbocycles. The second kappa shape index (κ2) is 6.67. The van der Waals surface area contributed by atoms with Crippen molar-refractivity contribution in [2.45, 2.75) is 43.8 Å². The van der Waals surface area contributed by atoms with Gasteiger partial charge in [0.1, 0.15) is 36.3 Å². The molecule has 21 heavy (non-hydrogen) atoms. The molecule has 0 spiro atoms. The average Bonchev–Trinajstić information content (AvgIpc) is 2.48. The smallest absolute Gasteiger partial charge is 0.229 e. The van der Waals surface area contributed by atoms with Gasteiger partial charge >= 0.3 is 0 Å². The monoisotopic (exact) mass is 302 g/mol. The summed E-state index contributed by atoms with van der Waals surface area (Å²) >= 11 is 0. The van der Waals surface area contributed by atoms with Crippen LogP contribution >= 0.6 is 0 Å². The summed E-state index contributed by atoms with van der Waals surface area (Å²) in [6, 6.07) is 6.31. The lowest BCUT2D eigenvalue weighted by molar-refractivity contribution is -0.277. The highest BCUT2D eigenvalue weighted by atomic mass is 19.1. The Balaban J connectivity index is 2.19. The molecule has 0 bridgehead atoms. The molecule has 0 amide bonds. The van der Waals surface area contributed by atoms with Crippen LogP contribution in [0.4, 0.5) is 4.39 Å². The van der Waals surface area contributed by atoms with Crippen LogP contribution < -0.4 is 4.74 Å². The third-order valence-corrected chi connectivity index (χ3v) is 3.44. The molecule has 1 saturated heterocycles.